The van der Waals surface area contributed by atoms with Gasteiger partial charge in [0.25, 0.3) is 11.8 Å². The number of aromatic amines is 1. The van der Waals surface area contributed by atoms with Crippen molar-refractivity contribution in [3.8, 4) is 0 Å². The summed E-state index contributed by atoms with van der Waals surface area (Å²) < 4.78 is 0. The standard InChI is InChI=1S/C26H22N4O3S/c31-24(28-29-26(33)20-14-18-10-4-5-11-19(18)27-20)16-30-21-12-6-7-13-22(21)34-23(15-25(30)32)17-8-2-1-3-9-17/h1-14,23,27H,15-16H2,(H,28,31)(H,29,33). The molecule has 0 radical (unpaired) electrons. The maximum absolute atomic E-state index is 13.2. The molecule has 1 atom stereocenters. The monoisotopic (exact) mass is 470 g/mol. The molecule has 0 saturated carbocycles. The first kappa shape index (κ1) is 21.8. The summed E-state index contributed by atoms with van der Waals surface area (Å²) in [6, 6.07) is 26.7. The van der Waals surface area contributed by atoms with E-state index in [1.54, 1.807) is 17.8 Å². The highest BCUT2D eigenvalue weighted by atomic mass is 32.2. The number of anilines is 1. The van der Waals surface area contributed by atoms with Crippen LogP contribution in [0.25, 0.3) is 10.9 Å². The van der Waals surface area contributed by atoms with Crippen LogP contribution in [0.2, 0.25) is 0 Å². The second-order valence-electron chi connectivity index (χ2n) is 7.94. The lowest BCUT2D eigenvalue weighted by Gasteiger charge is -2.22. The SMILES string of the molecule is O=C(CN1C(=O)CC(c2ccccc2)Sc2ccccc21)NNC(=O)c1cc2ccccc2[nH]1. The number of fused-ring (bicyclic) bond motifs is 2. The number of rotatable bonds is 4. The van der Waals surface area contributed by atoms with Crippen LogP contribution in [-0.2, 0) is 9.59 Å². The van der Waals surface area contributed by atoms with Gasteiger partial charge < -0.3 is 9.88 Å². The fraction of sp³-hybridized carbons (Fsp3) is 0.115. The number of nitrogens with one attached hydrogen (secondary N) is 3. The molecule has 1 unspecified atom stereocenters. The Hall–Kier alpha value is -4.04. The number of para-hydroxylation sites is 2. The minimum atomic E-state index is -0.490. The van der Waals surface area contributed by atoms with Crippen molar-refractivity contribution in [2.24, 2.45) is 0 Å². The van der Waals surface area contributed by atoms with Gasteiger partial charge in [0.15, 0.2) is 0 Å². The molecule has 7 nitrogen and oxygen atoms in total. The molecule has 4 aromatic rings. The Morgan fingerprint density at radius 1 is 0.941 bits per heavy atom. The first-order valence-electron chi connectivity index (χ1n) is 10.9. The van der Waals surface area contributed by atoms with Crippen molar-refractivity contribution in [3.05, 3.63) is 96.2 Å². The van der Waals surface area contributed by atoms with Crippen LogP contribution in [0, 0.1) is 0 Å². The first-order valence-corrected chi connectivity index (χ1v) is 11.7. The van der Waals surface area contributed by atoms with Crippen molar-refractivity contribution in [2.75, 3.05) is 11.4 Å². The minimum absolute atomic E-state index is 0.0513. The number of carbonyl (C=O) groups is 3. The molecule has 8 heteroatoms. The Morgan fingerprint density at radius 3 is 2.50 bits per heavy atom. The van der Waals surface area contributed by atoms with Gasteiger partial charge in [0.2, 0.25) is 5.91 Å². The minimum Gasteiger partial charge on any atom is -0.350 e. The van der Waals surface area contributed by atoms with Gasteiger partial charge in [-0.3, -0.25) is 25.2 Å². The third-order valence-corrected chi connectivity index (χ3v) is 6.97. The number of thioether (sulfide) groups is 1. The highest BCUT2D eigenvalue weighted by Gasteiger charge is 2.30. The normalized spacial score (nSPS) is 15.5. The van der Waals surface area contributed by atoms with Crippen molar-refractivity contribution in [1.29, 1.82) is 0 Å². The Balaban J connectivity index is 1.28. The van der Waals surface area contributed by atoms with Gasteiger partial charge in [-0.15, -0.1) is 11.8 Å². The zero-order chi connectivity index (χ0) is 23.5. The Labute approximate surface area is 200 Å². The largest absolute Gasteiger partial charge is 0.350 e. The number of benzene rings is 3. The van der Waals surface area contributed by atoms with Crippen LogP contribution in [0.3, 0.4) is 0 Å². The summed E-state index contributed by atoms with van der Waals surface area (Å²) in [6.45, 7) is -0.203. The Kier molecular flexibility index (Phi) is 6.05. The van der Waals surface area contributed by atoms with Crippen LogP contribution >= 0.6 is 11.8 Å². The van der Waals surface area contributed by atoms with Crippen LogP contribution in [0.4, 0.5) is 5.69 Å². The van der Waals surface area contributed by atoms with Crippen LogP contribution in [-0.4, -0.2) is 29.3 Å². The molecule has 0 fully saturated rings. The number of hydrogen-bond donors (Lipinski definition) is 3. The van der Waals surface area contributed by atoms with E-state index in [2.05, 4.69) is 15.8 Å². The van der Waals surface area contributed by atoms with Crippen LogP contribution < -0.4 is 15.8 Å². The molecule has 5 rings (SSSR count). The lowest BCUT2D eigenvalue weighted by molar-refractivity contribution is -0.124. The van der Waals surface area contributed by atoms with Crippen molar-refractivity contribution >= 4 is 46.1 Å². The fourth-order valence-corrected chi connectivity index (χ4v) is 5.26. The molecule has 3 N–H and O–H groups in total. The van der Waals surface area contributed by atoms with Gasteiger partial charge in [-0.05, 0) is 29.8 Å². The summed E-state index contributed by atoms with van der Waals surface area (Å²) in [5, 5.41) is 0.848. The zero-order valence-electron chi connectivity index (χ0n) is 18.2. The number of nitrogens with zero attached hydrogens (tertiary/aromatic N) is 1. The van der Waals surface area contributed by atoms with Gasteiger partial charge in [-0.25, -0.2) is 0 Å². The molecule has 1 aliphatic rings. The maximum Gasteiger partial charge on any atom is 0.286 e. The zero-order valence-corrected chi connectivity index (χ0v) is 19.0. The summed E-state index contributed by atoms with van der Waals surface area (Å²) in [6.07, 6.45) is 0.262. The Bertz CT molecular complexity index is 1340. The topological polar surface area (TPSA) is 94.3 Å². The van der Waals surface area contributed by atoms with Crippen molar-refractivity contribution in [1.82, 2.24) is 15.8 Å². The molecule has 0 spiro atoms. The maximum atomic E-state index is 13.2. The van der Waals surface area contributed by atoms with Gasteiger partial charge >= 0.3 is 0 Å². The molecular weight excluding hydrogens is 448 g/mol. The number of hydrogen-bond acceptors (Lipinski definition) is 4. The molecular formula is C26H22N4O3S. The molecule has 3 aromatic carbocycles. The summed E-state index contributed by atoms with van der Waals surface area (Å²) in [4.78, 5) is 43.8. The summed E-state index contributed by atoms with van der Waals surface area (Å²) >= 11 is 1.61. The first-order chi connectivity index (χ1) is 16.6. The van der Waals surface area contributed by atoms with E-state index in [0.717, 1.165) is 21.4 Å². The van der Waals surface area contributed by atoms with Gasteiger partial charge in [-0.2, -0.15) is 0 Å². The molecule has 34 heavy (non-hydrogen) atoms. The third-order valence-electron chi connectivity index (χ3n) is 5.65. The van der Waals surface area contributed by atoms with E-state index >= 15 is 0 Å². The van der Waals surface area contributed by atoms with E-state index in [1.807, 2.05) is 78.9 Å². The van der Waals surface area contributed by atoms with E-state index in [1.165, 1.54) is 4.90 Å². The van der Waals surface area contributed by atoms with E-state index in [-0.39, 0.29) is 24.1 Å². The van der Waals surface area contributed by atoms with Gasteiger partial charge in [0.1, 0.15) is 12.2 Å². The van der Waals surface area contributed by atoms with Crippen molar-refractivity contribution in [2.45, 2.75) is 16.6 Å². The highest BCUT2D eigenvalue weighted by molar-refractivity contribution is 7.99. The average Bonchev–Trinajstić information content (AvgIpc) is 3.25. The van der Waals surface area contributed by atoms with Crippen molar-refractivity contribution in [3.63, 3.8) is 0 Å². The molecule has 2 heterocycles. The molecule has 0 saturated heterocycles. The lowest BCUT2D eigenvalue weighted by Crippen LogP contribution is -2.48. The number of H-pyrrole nitrogens is 1. The molecule has 0 aliphatic carbocycles. The second kappa shape index (κ2) is 9.44. The summed E-state index contributed by atoms with van der Waals surface area (Å²) in [5.41, 5.74) is 7.77. The Morgan fingerprint density at radius 2 is 1.68 bits per heavy atom. The summed E-state index contributed by atoms with van der Waals surface area (Å²) in [5.74, 6) is -1.11. The molecule has 1 aliphatic heterocycles. The number of amides is 3. The second-order valence-corrected chi connectivity index (χ2v) is 9.19. The average molecular weight is 471 g/mol. The quantitative estimate of drug-likeness (QED) is 0.390. The van der Waals surface area contributed by atoms with Crippen LogP contribution in [0.15, 0.2) is 89.8 Å². The summed E-state index contributed by atoms with van der Waals surface area (Å²) in [7, 11) is 0. The van der Waals surface area contributed by atoms with Gasteiger partial charge in [0.05, 0.1) is 5.69 Å². The molecule has 0 bridgehead atoms. The van der Waals surface area contributed by atoms with E-state index in [9.17, 15) is 14.4 Å². The number of hydrazine groups is 1. The lowest BCUT2D eigenvalue weighted by atomic mass is 10.1. The number of carbonyl (C=O) groups excluding carboxylic acids is 3. The van der Waals surface area contributed by atoms with Crippen LogP contribution in [0.5, 0.6) is 0 Å². The van der Waals surface area contributed by atoms with Crippen LogP contribution in [0.1, 0.15) is 27.7 Å². The van der Waals surface area contributed by atoms with Crippen molar-refractivity contribution < 1.29 is 14.4 Å². The van der Waals surface area contributed by atoms with Gasteiger partial charge in [-0.1, -0.05) is 60.7 Å². The molecule has 3 amide bonds. The van der Waals surface area contributed by atoms with E-state index in [4.69, 9.17) is 0 Å². The highest BCUT2D eigenvalue weighted by Crippen LogP contribution is 2.45. The molecule has 1 aromatic heterocycles. The van der Waals surface area contributed by atoms with E-state index in [0.29, 0.717) is 11.4 Å². The predicted octanol–water partition coefficient (Wildman–Crippen LogP) is 4.20. The predicted molar refractivity (Wildman–Crippen MR) is 132 cm³/mol. The number of aromatic nitrogens is 1. The molecule has 170 valence electrons. The third kappa shape index (κ3) is 4.53. The fourth-order valence-electron chi connectivity index (χ4n) is 3.98. The smallest absolute Gasteiger partial charge is 0.286 e. The van der Waals surface area contributed by atoms with Gasteiger partial charge in [0, 0.05) is 27.5 Å². The van der Waals surface area contributed by atoms with E-state index < -0.39 is 11.8 Å².